The van der Waals surface area contributed by atoms with Gasteiger partial charge in [-0.2, -0.15) is 15.0 Å². The highest BCUT2D eigenvalue weighted by atomic mass is 79.9. The summed E-state index contributed by atoms with van der Waals surface area (Å²) < 4.78 is 6.03. The van der Waals surface area contributed by atoms with Gasteiger partial charge in [0, 0.05) is 4.47 Å². The van der Waals surface area contributed by atoms with Gasteiger partial charge in [-0.05, 0) is 46.1 Å². The number of nitrogens with zero attached hydrogens (tertiary/aromatic N) is 3. The highest BCUT2D eigenvalue weighted by Gasteiger charge is 2.11. The van der Waals surface area contributed by atoms with E-state index in [0.717, 1.165) is 6.42 Å². The molecule has 1 N–H and O–H groups in total. The Labute approximate surface area is 145 Å². The van der Waals surface area contributed by atoms with Crippen LogP contribution in [0.2, 0.25) is 15.3 Å². The molecule has 0 amide bonds. The van der Waals surface area contributed by atoms with Gasteiger partial charge in [-0.3, -0.25) is 0 Å². The fourth-order valence-electron chi connectivity index (χ4n) is 1.39. The lowest BCUT2D eigenvalue weighted by Gasteiger charge is -2.10. The maximum Gasteiger partial charge on any atom is 0.322 e. The first-order valence-corrected chi connectivity index (χ1v) is 7.89. The molecule has 0 aliphatic rings. The van der Waals surface area contributed by atoms with Gasteiger partial charge >= 0.3 is 6.01 Å². The Hall–Kier alpha value is -0.820. The third kappa shape index (κ3) is 4.32. The summed E-state index contributed by atoms with van der Waals surface area (Å²) in [4.78, 5) is 12.0. The maximum absolute atomic E-state index is 6.15. The Morgan fingerprint density at radius 3 is 2.62 bits per heavy atom. The number of aromatic nitrogens is 3. The number of hydrogen-bond acceptors (Lipinski definition) is 5. The van der Waals surface area contributed by atoms with Crippen LogP contribution in [0.15, 0.2) is 16.6 Å². The molecule has 5 nitrogen and oxygen atoms in total. The number of hydrogen-bond donors (Lipinski definition) is 1. The van der Waals surface area contributed by atoms with Crippen LogP contribution in [-0.2, 0) is 0 Å². The highest BCUT2D eigenvalue weighted by Crippen LogP contribution is 2.36. The fraction of sp³-hybridized carbons (Fsp3) is 0.250. The molecule has 1 aromatic heterocycles. The molecule has 1 heterocycles. The molecule has 0 radical (unpaired) electrons. The number of halogens is 4. The summed E-state index contributed by atoms with van der Waals surface area (Å²) in [7, 11) is 0. The highest BCUT2D eigenvalue weighted by molar-refractivity contribution is 9.10. The van der Waals surface area contributed by atoms with Crippen molar-refractivity contribution < 1.29 is 4.74 Å². The van der Waals surface area contributed by atoms with Crippen LogP contribution in [0.4, 0.5) is 11.6 Å². The summed E-state index contributed by atoms with van der Waals surface area (Å²) in [6, 6.07) is 3.65. The first-order valence-electron chi connectivity index (χ1n) is 5.96. The van der Waals surface area contributed by atoms with Gasteiger partial charge in [-0.1, -0.05) is 30.1 Å². The van der Waals surface area contributed by atoms with Gasteiger partial charge in [-0.25, -0.2) is 0 Å². The number of benzene rings is 1. The van der Waals surface area contributed by atoms with E-state index in [1.54, 1.807) is 12.1 Å². The summed E-state index contributed by atoms with van der Waals surface area (Å²) in [5.74, 6) is 0.224. The van der Waals surface area contributed by atoms with E-state index in [-0.39, 0.29) is 17.2 Å². The molecule has 0 bridgehead atoms. The van der Waals surface area contributed by atoms with Gasteiger partial charge in [0.15, 0.2) is 0 Å². The summed E-state index contributed by atoms with van der Waals surface area (Å²) in [5.41, 5.74) is 0.550. The molecule has 0 fully saturated rings. The van der Waals surface area contributed by atoms with E-state index < -0.39 is 0 Å². The minimum absolute atomic E-state index is 0.0259. The van der Waals surface area contributed by atoms with Gasteiger partial charge in [0.05, 0.1) is 22.3 Å². The molecule has 21 heavy (non-hydrogen) atoms. The second-order valence-corrected chi connectivity index (χ2v) is 5.86. The maximum atomic E-state index is 6.15. The van der Waals surface area contributed by atoms with Crippen molar-refractivity contribution in [3.8, 4) is 6.01 Å². The summed E-state index contributed by atoms with van der Waals surface area (Å²) >= 11 is 21.3. The normalized spacial score (nSPS) is 10.5. The Balaban J connectivity index is 2.27. The van der Waals surface area contributed by atoms with Crippen molar-refractivity contribution in [2.45, 2.75) is 13.3 Å². The summed E-state index contributed by atoms with van der Waals surface area (Å²) in [6.45, 7) is 2.47. The summed E-state index contributed by atoms with van der Waals surface area (Å²) in [6.07, 6.45) is 0.834. The van der Waals surface area contributed by atoms with Gasteiger partial charge in [0.1, 0.15) is 0 Å². The first kappa shape index (κ1) is 16.5. The lowest BCUT2D eigenvalue weighted by Crippen LogP contribution is -2.05. The standard InChI is InChI=1S/C12H10BrCl3N4O/c1-2-5-21-12-19-10(16)18-11(20-12)17-7-4-3-6(13)8(14)9(7)15/h3-4H,2,5H2,1H3,(H,17,18,19,20). The van der Waals surface area contributed by atoms with Crippen LogP contribution in [0.1, 0.15) is 13.3 Å². The van der Waals surface area contributed by atoms with Crippen LogP contribution in [0.3, 0.4) is 0 Å². The molecule has 0 unspecified atom stereocenters. The zero-order valence-corrected chi connectivity index (χ0v) is 14.7. The zero-order valence-electron chi connectivity index (χ0n) is 10.8. The van der Waals surface area contributed by atoms with Crippen molar-refractivity contribution in [1.82, 2.24) is 15.0 Å². The SMILES string of the molecule is CCCOc1nc(Cl)nc(Nc2ccc(Br)c(Cl)c2Cl)n1. The second kappa shape index (κ2) is 7.45. The van der Waals surface area contributed by atoms with Crippen molar-refractivity contribution in [3.63, 3.8) is 0 Å². The van der Waals surface area contributed by atoms with Crippen molar-refractivity contribution in [3.05, 3.63) is 31.9 Å². The van der Waals surface area contributed by atoms with Gasteiger partial charge in [-0.15, -0.1) is 0 Å². The average molecular weight is 413 g/mol. The lowest BCUT2D eigenvalue weighted by molar-refractivity contribution is 0.292. The summed E-state index contributed by atoms with van der Waals surface area (Å²) in [5, 5.41) is 3.70. The zero-order chi connectivity index (χ0) is 15.4. The van der Waals surface area contributed by atoms with Crippen molar-refractivity contribution in [1.29, 1.82) is 0 Å². The van der Waals surface area contributed by atoms with E-state index in [0.29, 0.717) is 26.8 Å². The molecule has 0 atom stereocenters. The molecule has 112 valence electrons. The average Bonchev–Trinajstić information content (AvgIpc) is 2.45. The first-order chi connectivity index (χ1) is 10.0. The number of rotatable bonds is 5. The van der Waals surface area contributed by atoms with Crippen molar-refractivity contribution >= 4 is 62.4 Å². The Morgan fingerprint density at radius 2 is 1.90 bits per heavy atom. The molecular formula is C12H10BrCl3N4O. The predicted molar refractivity (Wildman–Crippen MR) is 88.1 cm³/mol. The van der Waals surface area contributed by atoms with Crippen LogP contribution in [0, 0.1) is 0 Å². The lowest BCUT2D eigenvalue weighted by atomic mass is 10.3. The molecule has 0 aliphatic heterocycles. The van der Waals surface area contributed by atoms with E-state index >= 15 is 0 Å². The van der Waals surface area contributed by atoms with E-state index in [4.69, 9.17) is 39.5 Å². The molecule has 2 aromatic rings. The number of nitrogens with one attached hydrogen (secondary N) is 1. The second-order valence-electron chi connectivity index (χ2n) is 3.91. The monoisotopic (exact) mass is 410 g/mol. The Bertz CT molecular complexity index is 657. The molecule has 1 aromatic carbocycles. The van der Waals surface area contributed by atoms with Crippen LogP contribution in [-0.4, -0.2) is 21.6 Å². The van der Waals surface area contributed by atoms with Crippen LogP contribution >= 0.6 is 50.7 Å². The molecule has 0 spiro atoms. The smallest absolute Gasteiger partial charge is 0.322 e. The van der Waals surface area contributed by atoms with Crippen LogP contribution < -0.4 is 10.1 Å². The number of anilines is 2. The molecule has 9 heteroatoms. The van der Waals surface area contributed by atoms with E-state index in [2.05, 4.69) is 36.2 Å². The number of ether oxygens (including phenoxy) is 1. The molecule has 0 aliphatic carbocycles. The minimum atomic E-state index is 0.0259. The molecule has 0 saturated carbocycles. The molecule has 0 saturated heterocycles. The largest absolute Gasteiger partial charge is 0.463 e. The van der Waals surface area contributed by atoms with Crippen LogP contribution in [0.5, 0.6) is 6.01 Å². The third-order valence-corrected chi connectivity index (χ3v) is 4.24. The quantitative estimate of drug-likeness (QED) is 0.690. The van der Waals surface area contributed by atoms with Crippen molar-refractivity contribution in [2.24, 2.45) is 0 Å². The topological polar surface area (TPSA) is 59.9 Å². The predicted octanol–water partition coefficient (Wildman–Crippen LogP) is 5.13. The van der Waals surface area contributed by atoms with E-state index in [1.165, 1.54) is 0 Å². The Kier molecular flexibility index (Phi) is 5.87. The molecular weight excluding hydrogens is 402 g/mol. The fourth-order valence-corrected chi connectivity index (χ4v) is 2.36. The van der Waals surface area contributed by atoms with E-state index in [1.807, 2.05) is 6.92 Å². The molecule has 2 rings (SSSR count). The van der Waals surface area contributed by atoms with E-state index in [9.17, 15) is 0 Å². The van der Waals surface area contributed by atoms with Gasteiger partial charge in [0.2, 0.25) is 11.2 Å². The van der Waals surface area contributed by atoms with Crippen LogP contribution in [0.25, 0.3) is 0 Å². The minimum Gasteiger partial charge on any atom is -0.463 e. The van der Waals surface area contributed by atoms with Gasteiger partial charge in [0.25, 0.3) is 0 Å². The van der Waals surface area contributed by atoms with Crippen molar-refractivity contribution in [2.75, 3.05) is 11.9 Å². The third-order valence-electron chi connectivity index (χ3n) is 2.30. The Morgan fingerprint density at radius 1 is 1.14 bits per heavy atom. The van der Waals surface area contributed by atoms with Gasteiger partial charge < -0.3 is 10.1 Å².